The summed E-state index contributed by atoms with van der Waals surface area (Å²) in [7, 11) is 1.14. The van der Waals surface area contributed by atoms with Gasteiger partial charge < -0.3 is 25.2 Å². The van der Waals surface area contributed by atoms with Gasteiger partial charge in [0.05, 0.1) is 58.2 Å². The normalized spacial score (nSPS) is 13.6. The molecule has 54 heavy (non-hydrogen) atoms. The number of ether oxygens (including phenoxy) is 1. The summed E-state index contributed by atoms with van der Waals surface area (Å²) in [5, 5.41) is 47.5. The van der Waals surface area contributed by atoms with Crippen LogP contribution >= 0.6 is 0 Å². The summed E-state index contributed by atoms with van der Waals surface area (Å²) in [5.41, 5.74) is 1.30. The fraction of sp³-hybridized carbons (Fsp3) is 0.108. The van der Waals surface area contributed by atoms with E-state index >= 15 is 0 Å². The minimum absolute atomic E-state index is 0. The van der Waals surface area contributed by atoms with Crippen LogP contribution in [0.3, 0.4) is 0 Å². The maximum atomic E-state index is 13.5. The van der Waals surface area contributed by atoms with Gasteiger partial charge in [0.25, 0.3) is 0 Å². The van der Waals surface area contributed by atoms with Crippen molar-refractivity contribution in [3.05, 3.63) is 136 Å². The van der Waals surface area contributed by atoms with Gasteiger partial charge in [-0.3, -0.25) is 9.98 Å². The molecule has 0 saturated heterocycles. The minimum atomic E-state index is -1.18. The number of aryl methyl sites for hydroxylation is 1. The van der Waals surface area contributed by atoms with Gasteiger partial charge in [-0.25, -0.2) is 27.8 Å². The van der Waals surface area contributed by atoms with E-state index in [1.54, 1.807) is 31.2 Å². The van der Waals surface area contributed by atoms with Crippen molar-refractivity contribution in [2.24, 2.45) is 9.98 Å². The third-order valence-corrected chi connectivity index (χ3v) is 7.69. The number of aromatic nitrogens is 4. The monoisotopic (exact) mass is 783 g/mol. The van der Waals surface area contributed by atoms with E-state index in [-0.39, 0.29) is 56.4 Å². The molecule has 0 amide bonds. The van der Waals surface area contributed by atoms with E-state index in [0.717, 1.165) is 24.1 Å². The zero-order chi connectivity index (χ0) is 38.2. The van der Waals surface area contributed by atoms with Gasteiger partial charge in [0, 0.05) is 29.2 Å². The number of hydrogen-bond acceptors (Lipinski definition) is 10. The number of allylic oxidation sites excluding steroid dienone is 2. The summed E-state index contributed by atoms with van der Waals surface area (Å²) >= 11 is 0. The van der Waals surface area contributed by atoms with Crippen molar-refractivity contribution in [3.63, 3.8) is 0 Å². The second kappa shape index (κ2) is 17.7. The number of esters is 1. The smallest absolute Gasteiger partial charge is 0.359 e. The van der Waals surface area contributed by atoms with Crippen LogP contribution in [0.5, 0.6) is 11.8 Å². The first-order valence-corrected chi connectivity index (χ1v) is 15.6. The number of methoxy groups -OCH3 is 1. The molecule has 4 N–H and O–H groups in total. The van der Waals surface area contributed by atoms with Crippen LogP contribution in [-0.2, 0) is 26.3 Å². The quantitative estimate of drug-likeness (QED) is 0.106. The molecule has 279 valence electrons. The number of carbonyl (C=O) groups excluding carboxylic acids is 1. The number of nitrogens with zero attached hydrogens (tertiary/aromatic N) is 6. The molecule has 2 aromatic heterocycles. The summed E-state index contributed by atoms with van der Waals surface area (Å²) in [6.45, 7) is 1.69. The van der Waals surface area contributed by atoms with E-state index in [0.29, 0.717) is 23.4 Å². The number of aromatic hydroxyl groups is 2. The van der Waals surface area contributed by atoms with Gasteiger partial charge in [0.1, 0.15) is 11.6 Å². The van der Waals surface area contributed by atoms with Crippen molar-refractivity contribution in [1.82, 2.24) is 19.6 Å². The van der Waals surface area contributed by atoms with Crippen molar-refractivity contribution in [3.8, 4) is 23.1 Å². The average molecular weight is 784 g/mol. The van der Waals surface area contributed by atoms with E-state index in [2.05, 4.69) is 24.9 Å². The van der Waals surface area contributed by atoms with Gasteiger partial charge in [0.2, 0.25) is 11.8 Å². The number of rotatable bonds is 9. The van der Waals surface area contributed by atoms with Crippen LogP contribution < -0.4 is 0 Å². The Balaban J connectivity index is 0.000000238. The van der Waals surface area contributed by atoms with E-state index in [4.69, 9.17) is 0 Å². The Bertz CT molecular complexity index is 2330. The maximum Gasteiger partial charge on any atom is 0.359 e. The molecule has 17 heteroatoms. The number of halogens is 2. The molecule has 1 aliphatic carbocycles. The second-order valence-electron chi connectivity index (χ2n) is 11.1. The van der Waals surface area contributed by atoms with Crippen molar-refractivity contribution in [2.75, 3.05) is 7.11 Å². The Morgan fingerprint density at radius 1 is 0.852 bits per heavy atom. The SMILES string of the molecule is COC(=O)c1nn(-c2cccc(F)c2)c(O)c1C=Nc1ccccc1C(=O)O.Cc1nn(-c2cccc(F)c2)c(O)c1C=NC1CC=CC=C1C(=O)O.[Co]. The van der Waals surface area contributed by atoms with Crippen LogP contribution in [0.4, 0.5) is 14.5 Å². The average Bonchev–Trinajstić information content (AvgIpc) is 3.63. The molecule has 1 radical (unpaired) electrons. The van der Waals surface area contributed by atoms with Crippen molar-refractivity contribution >= 4 is 36.0 Å². The summed E-state index contributed by atoms with van der Waals surface area (Å²) < 4.78 is 33.7. The number of para-hydroxylation sites is 1. The number of carboxylic acid groups (broad SMARTS) is 2. The number of carboxylic acids is 2. The van der Waals surface area contributed by atoms with Crippen LogP contribution in [0, 0.1) is 18.6 Å². The summed E-state index contributed by atoms with van der Waals surface area (Å²) in [4.78, 5) is 42.9. The number of aromatic carboxylic acids is 1. The summed E-state index contributed by atoms with van der Waals surface area (Å²) in [6, 6.07) is 16.4. The van der Waals surface area contributed by atoms with E-state index < -0.39 is 41.5 Å². The predicted octanol–water partition coefficient (Wildman–Crippen LogP) is 5.73. The van der Waals surface area contributed by atoms with Gasteiger partial charge in [-0.1, -0.05) is 36.4 Å². The molecule has 6 rings (SSSR count). The van der Waals surface area contributed by atoms with Crippen LogP contribution in [0.2, 0.25) is 0 Å². The fourth-order valence-electron chi connectivity index (χ4n) is 5.08. The largest absolute Gasteiger partial charge is 0.493 e. The van der Waals surface area contributed by atoms with E-state index in [1.807, 2.05) is 6.08 Å². The standard InChI is InChI=1S/C19H14FN3O5.C18H16FN3O3.Co/c1-28-19(27)16-14(10-21-15-8-3-2-7-13(15)18(25)26)17(24)23(22-16)12-6-4-5-11(20)9-12;1-11-15(10-20-16-8-3-2-7-14(16)18(24)25)17(23)22(21-11)13-6-4-5-12(19)9-13;/h2-10,24H,1H3,(H,25,26);2-7,9-10,16,23H,8H2,1H3,(H,24,25);. The van der Waals surface area contributed by atoms with Gasteiger partial charge in [0.15, 0.2) is 5.69 Å². The van der Waals surface area contributed by atoms with Gasteiger partial charge >= 0.3 is 17.9 Å². The summed E-state index contributed by atoms with van der Waals surface area (Å²) in [5.74, 6) is -4.72. The number of aliphatic carboxylic acids is 1. The molecule has 3 aromatic carbocycles. The van der Waals surface area contributed by atoms with Crippen LogP contribution in [0.15, 0.2) is 107 Å². The van der Waals surface area contributed by atoms with Gasteiger partial charge in [-0.2, -0.15) is 14.9 Å². The zero-order valence-electron chi connectivity index (χ0n) is 28.3. The van der Waals surface area contributed by atoms with E-state index in [1.165, 1.54) is 65.5 Å². The van der Waals surface area contributed by atoms with Crippen LogP contribution in [0.1, 0.15) is 44.1 Å². The Hall–Kier alpha value is -6.72. The Labute approximate surface area is 315 Å². The second-order valence-corrected chi connectivity index (χ2v) is 11.1. The first-order valence-electron chi connectivity index (χ1n) is 15.6. The summed E-state index contributed by atoms with van der Waals surface area (Å²) in [6.07, 6.45) is 8.00. The maximum absolute atomic E-state index is 13.5. The molecule has 2 heterocycles. The fourth-order valence-corrected chi connectivity index (χ4v) is 5.08. The number of carbonyl (C=O) groups is 3. The molecule has 14 nitrogen and oxygen atoms in total. The van der Waals surface area contributed by atoms with Crippen LogP contribution in [-0.4, -0.2) is 83.5 Å². The molecule has 1 aliphatic rings. The van der Waals surface area contributed by atoms with Crippen molar-refractivity contribution in [2.45, 2.75) is 19.4 Å². The molecule has 1 atom stereocenters. The van der Waals surface area contributed by atoms with Crippen LogP contribution in [0.25, 0.3) is 11.4 Å². The molecule has 5 aromatic rings. The molecular weight excluding hydrogens is 753 g/mol. The molecule has 0 aliphatic heterocycles. The topological polar surface area (TPSA) is 202 Å². The predicted molar refractivity (Wildman–Crippen MR) is 188 cm³/mol. The third-order valence-electron chi connectivity index (χ3n) is 7.69. The molecule has 1 unspecified atom stereocenters. The van der Waals surface area contributed by atoms with Gasteiger partial charge in [-0.15, -0.1) is 0 Å². The Kier molecular flexibility index (Phi) is 13.1. The minimum Gasteiger partial charge on any atom is -0.493 e. The molecule has 0 saturated carbocycles. The zero-order valence-corrected chi connectivity index (χ0v) is 29.3. The van der Waals surface area contributed by atoms with E-state index in [9.17, 15) is 43.6 Å². The molecule has 0 spiro atoms. The number of hydrogen-bond donors (Lipinski definition) is 4. The molecular formula is C37H30CoF2N6O8. The van der Waals surface area contributed by atoms with Crippen molar-refractivity contribution < 1.29 is 65.1 Å². The molecule has 0 bridgehead atoms. The van der Waals surface area contributed by atoms with Gasteiger partial charge in [-0.05, 0) is 68.0 Å². The first-order chi connectivity index (χ1) is 25.4. The first kappa shape index (κ1) is 40.1. The Morgan fingerprint density at radius 2 is 1.46 bits per heavy atom. The Morgan fingerprint density at radius 3 is 2.06 bits per heavy atom. The molecule has 0 fully saturated rings. The number of aliphatic imine (C=N–C) groups is 2. The number of benzene rings is 3. The third kappa shape index (κ3) is 9.01. The van der Waals surface area contributed by atoms with Crippen molar-refractivity contribution in [1.29, 1.82) is 0 Å².